The highest BCUT2D eigenvalue weighted by Crippen LogP contribution is 2.15. The Hall–Kier alpha value is -1.03. The molecule has 68 valence electrons. The van der Waals surface area contributed by atoms with Crippen LogP contribution in [0.4, 0.5) is 5.00 Å². The van der Waals surface area contributed by atoms with Crippen LogP contribution in [0.3, 0.4) is 0 Å². The van der Waals surface area contributed by atoms with E-state index >= 15 is 0 Å². The van der Waals surface area contributed by atoms with Crippen molar-refractivity contribution >= 4 is 22.6 Å². The van der Waals surface area contributed by atoms with Gasteiger partial charge in [-0.25, -0.2) is 0 Å². The van der Waals surface area contributed by atoms with Gasteiger partial charge < -0.3 is 5.32 Å². The van der Waals surface area contributed by atoms with E-state index in [-0.39, 0.29) is 5.56 Å². The van der Waals surface area contributed by atoms with Gasteiger partial charge in [0.05, 0.1) is 5.56 Å². The van der Waals surface area contributed by atoms with Gasteiger partial charge in [0.2, 0.25) is 0 Å². The topological polar surface area (TPSA) is 44.9 Å². The fourth-order valence-corrected chi connectivity index (χ4v) is 1.37. The van der Waals surface area contributed by atoms with E-state index in [4.69, 9.17) is 0 Å². The predicted molar refractivity (Wildman–Crippen MR) is 55.9 cm³/mol. The molecule has 4 heteroatoms. The molecule has 3 nitrogen and oxygen atoms in total. The molecule has 0 aliphatic carbocycles. The Labute approximate surface area is 76.3 Å². The minimum atomic E-state index is -0.0793. The molecule has 12 heavy (non-hydrogen) atoms. The molecule has 1 rings (SSSR count). The third-order valence-electron chi connectivity index (χ3n) is 1.17. The van der Waals surface area contributed by atoms with Gasteiger partial charge >= 0.3 is 0 Å². The van der Waals surface area contributed by atoms with Crippen LogP contribution in [0.15, 0.2) is 11.4 Å². The number of hydrogen-bond acceptors (Lipinski definition) is 3. The molecule has 0 bridgehead atoms. The maximum absolute atomic E-state index is 10.9. The maximum atomic E-state index is 10.9. The monoisotopic (exact) mass is 186 g/mol. The van der Waals surface area contributed by atoms with Crippen LogP contribution < -0.4 is 10.9 Å². The van der Waals surface area contributed by atoms with Gasteiger partial charge in [-0.1, -0.05) is 26.5 Å². The van der Waals surface area contributed by atoms with Gasteiger partial charge in [0.15, 0.2) is 0 Å². The number of aromatic nitrogens is 1. The van der Waals surface area contributed by atoms with Crippen molar-refractivity contribution < 1.29 is 0 Å². The van der Waals surface area contributed by atoms with E-state index in [1.54, 1.807) is 13.1 Å². The second kappa shape index (κ2) is 5.60. The van der Waals surface area contributed by atoms with Crippen molar-refractivity contribution in [1.82, 2.24) is 4.37 Å². The first-order valence-electron chi connectivity index (χ1n) is 3.81. The van der Waals surface area contributed by atoms with Crippen molar-refractivity contribution in [3.63, 3.8) is 0 Å². The molecule has 0 radical (unpaired) electrons. The SMILES string of the molecule is C=Cc1c(NC)s[nH]c1=O.CC. The van der Waals surface area contributed by atoms with E-state index in [0.29, 0.717) is 5.56 Å². The summed E-state index contributed by atoms with van der Waals surface area (Å²) in [4.78, 5) is 10.9. The fourth-order valence-electron chi connectivity index (χ4n) is 0.682. The second-order valence-electron chi connectivity index (χ2n) is 1.73. The van der Waals surface area contributed by atoms with E-state index in [1.807, 2.05) is 13.8 Å². The van der Waals surface area contributed by atoms with Crippen molar-refractivity contribution in [2.45, 2.75) is 13.8 Å². The summed E-state index contributed by atoms with van der Waals surface area (Å²) in [7, 11) is 1.77. The van der Waals surface area contributed by atoms with Gasteiger partial charge in [-0.15, -0.1) is 0 Å². The average molecular weight is 186 g/mol. The first-order chi connectivity index (χ1) is 5.79. The lowest BCUT2D eigenvalue weighted by molar-refractivity contribution is 1.41. The Bertz CT molecular complexity index is 287. The number of anilines is 1. The van der Waals surface area contributed by atoms with Gasteiger partial charge in [-0.05, 0) is 11.5 Å². The molecular formula is C8H14N2OS. The fraction of sp³-hybridized carbons (Fsp3) is 0.375. The third kappa shape index (κ3) is 2.23. The second-order valence-corrected chi connectivity index (χ2v) is 2.55. The highest BCUT2D eigenvalue weighted by Gasteiger charge is 2.02. The zero-order valence-electron chi connectivity index (χ0n) is 7.60. The van der Waals surface area contributed by atoms with E-state index in [9.17, 15) is 4.79 Å². The van der Waals surface area contributed by atoms with Crippen molar-refractivity contribution in [3.8, 4) is 0 Å². The smallest absolute Gasteiger partial charge is 0.267 e. The van der Waals surface area contributed by atoms with E-state index in [0.717, 1.165) is 5.00 Å². The normalized spacial score (nSPS) is 8.25. The van der Waals surface area contributed by atoms with Gasteiger partial charge in [0.1, 0.15) is 5.00 Å². The predicted octanol–water partition coefficient (Wildman–Crippen LogP) is 2.15. The van der Waals surface area contributed by atoms with Gasteiger partial charge in [0, 0.05) is 7.05 Å². The van der Waals surface area contributed by atoms with Crippen molar-refractivity contribution in [1.29, 1.82) is 0 Å². The van der Waals surface area contributed by atoms with Crippen molar-refractivity contribution in [2.24, 2.45) is 0 Å². The van der Waals surface area contributed by atoms with Crippen LogP contribution in [0, 0.1) is 0 Å². The maximum Gasteiger partial charge on any atom is 0.267 e. The minimum Gasteiger partial charge on any atom is -0.378 e. The summed E-state index contributed by atoms with van der Waals surface area (Å²) in [6.07, 6.45) is 1.54. The van der Waals surface area contributed by atoms with E-state index < -0.39 is 0 Å². The molecule has 0 amide bonds. The minimum absolute atomic E-state index is 0.0793. The Morgan fingerprint density at radius 2 is 2.17 bits per heavy atom. The van der Waals surface area contributed by atoms with Crippen LogP contribution in [0.1, 0.15) is 19.4 Å². The van der Waals surface area contributed by atoms with Gasteiger partial charge in [-0.2, -0.15) is 0 Å². The summed E-state index contributed by atoms with van der Waals surface area (Å²) in [5.74, 6) is 0. The lowest BCUT2D eigenvalue weighted by Crippen LogP contribution is -2.01. The lowest BCUT2D eigenvalue weighted by atomic mass is 10.3. The number of rotatable bonds is 2. The molecule has 0 fully saturated rings. The Kier molecular flexibility index (Phi) is 5.12. The van der Waals surface area contributed by atoms with Crippen LogP contribution in [-0.4, -0.2) is 11.4 Å². The van der Waals surface area contributed by atoms with Gasteiger partial charge in [-0.3, -0.25) is 9.17 Å². The number of hydrogen-bond donors (Lipinski definition) is 2. The lowest BCUT2D eigenvalue weighted by Gasteiger charge is -1.91. The quantitative estimate of drug-likeness (QED) is 0.743. The molecule has 0 saturated carbocycles. The van der Waals surface area contributed by atoms with Crippen LogP contribution in [0.25, 0.3) is 6.08 Å². The summed E-state index contributed by atoms with van der Waals surface area (Å²) in [6, 6.07) is 0. The van der Waals surface area contributed by atoms with E-state index in [2.05, 4.69) is 16.3 Å². The summed E-state index contributed by atoms with van der Waals surface area (Å²) in [5.41, 5.74) is 0.539. The van der Waals surface area contributed by atoms with Crippen LogP contribution >= 0.6 is 11.5 Å². The zero-order chi connectivity index (χ0) is 9.56. The number of nitrogens with one attached hydrogen (secondary N) is 2. The number of aromatic amines is 1. The molecule has 0 atom stereocenters. The molecule has 0 aliphatic heterocycles. The summed E-state index contributed by atoms with van der Waals surface area (Å²) in [5, 5.41) is 3.72. The van der Waals surface area contributed by atoms with Crippen molar-refractivity contribution in [3.05, 3.63) is 22.5 Å². The molecule has 1 aromatic rings. The molecule has 2 N–H and O–H groups in total. The van der Waals surface area contributed by atoms with Crippen molar-refractivity contribution in [2.75, 3.05) is 12.4 Å². The molecule has 0 aromatic carbocycles. The molecule has 0 saturated heterocycles. The highest BCUT2D eigenvalue weighted by atomic mass is 32.1. The van der Waals surface area contributed by atoms with E-state index in [1.165, 1.54) is 11.5 Å². The number of H-pyrrole nitrogens is 1. The largest absolute Gasteiger partial charge is 0.378 e. The summed E-state index contributed by atoms with van der Waals surface area (Å²) >= 11 is 1.28. The molecular weight excluding hydrogens is 172 g/mol. The first-order valence-corrected chi connectivity index (χ1v) is 4.63. The molecule has 0 unspecified atom stereocenters. The average Bonchev–Trinajstić information content (AvgIpc) is 2.49. The first kappa shape index (κ1) is 11.0. The molecule has 0 aliphatic rings. The summed E-state index contributed by atoms with van der Waals surface area (Å²) < 4.78 is 2.59. The van der Waals surface area contributed by atoms with Gasteiger partial charge in [0.25, 0.3) is 5.56 Å². The Balaban J connectivity index is 0.000000561. The van der Waals surface area contributed by atoms with Crippen LogP contribution in [-0.2, 0) is 0 Å². The third-order valence-corrected chi connectivity index (χ3v) is 2.08. The zero-order valence-corrected chi connectivity index (χ0v) is 8.42. The molecule has 1 aromatic heterocycles. The molecule has 0 spiro atoms. The Morgan fingerprint density at radius 3 is 2.50 bits per heavy atom. The van der Waals surface area contributed by atoms with Crippen LogP contribution in [0.2, 0.25) is 0 Å². The standard InChI is InChI=1S/C6H8N2OS.C2H6/c1-3-4-5(9)8-10-6(4)7-2;1-2/h3,7H,1H2,2H3,(H,8,9);1-2H3. The summed E-state index contributed by atoms with van der Waals surface area (Å²) in [6.45, 7) is 7.52. The van der Waals surface area contributed by atoms with Crippen LogP contribution in [0.5, 0.6) is 0 Å². The Morgan fingerprint density at radius 1 is 1.58 bits per heavy atom. The highest BCUT2D eigenvalue weighted by molar-refractivity contribution is 7.10. The molecule has 1 heterocycles.